The molecule has 0 radical (unpaired) electrons. The quantitative estimate of drug-likeness (QED) is 0.696. The predicted octanol–water partition coefficient (Wildman–Crippen LogP) is 1.51. The number of para-hydroxylation sites is 1. The highest BCUT2D eigenvalue weighted by Gasteiger charge is 2.02. The van der Waals surface area contributed by atoms with Crippen molar-refractivity contribution < 1.29 is 9.53 Å². The largest absolute Gasteiger partial charge is 0.385 e. The number of anilines is 1. The van der Waals surface area contributed by atoms with Gasteiger partial charge >= 0.3 is 0 Å². The molecule has 0 bridgehead atoms. The van der Waals surface area contributed by atoms with Crippen molar-refractivity contribution in [2.45, 2.75) is 12.8 Å². The second kappa shape index (κ2) is 8.95. The van der Waals surface area contributed by atoms with E-state index in [9.17, 15) is 4.79 Å². The zero-order valence-electron chi connectivity index (χ0n) is 11.1. The van der Waals surface area contributed by atoms with Crippen molar-refractivity contribution >= 4 is 11.6 Å². The Kier molecular flexibility index (Phi) is 7.06. The molecule has 0 aromatic heterocycles. The number of carbonyl (C=O) groups is 1. The minimum atomic E-state index is -0.00181. The Morgan fingerprint density at radius 1 is 1.37 bits per heavy atom. The first-order valence-corrected chi connectivity index (χ1v) is 6.26. The van der Waals surface area contributed by atoms with Crippen molar-refractivity contribution in [3.63, 3.8) is 0 Å². The third-order valence-corrected chi connectivity index (χ3v) is 2.56. The van der Waals surface area contributed by atoms with E-state index >= 15 is 0 Å². The van der Waals surface area contributed by atoms with Crippen LogP contribution >= 0.6 is 0 Å². The van der Waals surface area contributed by atoms with Crippen molar-refractivity contribution in [1.29, 1.82) is 5.26 Å². The zero-order chi connectivity index (χ0) is 13.9. The summed E-state index contributed by atoms with van der Waals surface area (Å²) in [6.07, 6.45) is 1.19. The Morgan fingerprint density at radius 2 is 2.16 bits per heavy atom. The summed E-state index contributed by atoms with van der Waals surface area (Å²) in [5, 5.41) is 14.8. The number of nitrogens with zero attached hydrogens (tertiary/aromatic N) is 1. The topological polar surface area (TPSA) is 74.2 Å². The van der Waals surface area contributed by atoms with Gasteiger partial charge in [0.2, 0.25) is 5.91 Å². The van der Waals surface area contributed by atoms with Gasteiger partial charge in [-0.2, -0.15) is 5.26 Å². The van der Waals surface area contributed by atoms with Gasteiger partial charge in [-0.15, -0.1) is 0 Å². The molecule has 0 saturated carbocycles. The summed E-state index contributed by atoms with van der Waals surface area (Å²) >= 11 is 0. The standard InChI is InChI=1S/C14H19N3O2/c1-19-10-4-8-17-14(18)7-9-16-13-6-3-2-5-12(13)11-15/h2-3,5-6,16H,4,7-10H2,1H3,(H,17,18). The average Bonchev–Trinajstić information content (AvgIpc) is 2.44. The van der Waals surface area contributed by atoms with Gasteiger partial charge in [0.15, 0.2) is 0 Å². The van der Waals surface area contributed by atoms with Crippen LogP contribution in [0.25, 0.3) is 0 Å². The number of nitriles is 1. The SMILES string of the molecule is COCCCNC(=O)CCNc1ccccc1C#N. The van der Waals surface area contributed by atoms with Gasteiger partial charge in [0, 0.05) is 33.2 Å². The average molecular weight is 261 g/mol. The minimum Gasteiger partial charge on any atom is -0.385 e. The van der Waals surface area contributed by atoms with E-state index in [0.717, 1.165) is 12.1 Å². The molecule has 5 nitrogen and oxygen atoms in total. The fraction of sp³-hybridized carbons (Fsp3) is 0.429. The molecular weight excluding hydrogens is 242 g/mol. The molecule has 0 aliphatic carbocycles. The first kappa shape index (κ1) is 15.0. The van der Waals surface area contributed by atoms with Crippen molar-refractivity contribution in [3.05, 3.63) is 29.8 Å². The highest BCUT2D eigenvalue weighted by atomic mass is 16.5. The molecule has 0 spiro atoms. The number of rotatable bonds is 8. The van der Waals surface area contributed by atoms with Crippen molar-refractivity contribution in [2.24, 2.45) is 0 Å². The van der Waals surface area contributed by atoms with Crippen LogP contribution in [0.1, 0.15) is 18.4 Å². The summed E-state index contributed by atoms with van der Waals surface area (Å²) in [4.78, 5) is 11.5. The van der Waals surface area contributed by atoms with E-state index < -0.39 is 0 Å². The summed E-state index contributed by atoms with van der Waals surface area (Å²) in [7, 11) is 1.64. The lowest BCUT2D eigenvalue weighted by molar-refractivity contribution is -0.120. The second-order valence-electron chi connectivity index (χ2n) is 4.03. The summed E-state index contributed by atoms with van der Waals surface area (Å²) in [6, 6.07) is 9.34. The molecule has 0 heterocycles. The van der Waals surface area contributed by atoms with E-state index in [0.29, 0.717) is 31.7 Å². The molecule has 1 rings (SSSR count). The van der Waals surface area contributed by atoms with Crippen LogP contribution in [0.5, 0.6) is 0 Å². The molecule has 5 heteroatoms. The molecule has 0 saturated heterocycles. The summed E-state index contributed by atoms with van der Waals surface area (Å²) < 4.78 is 4.89. The van der Waals surface area contributed by atoms with Gasteiger partial charge in [0.05, 0.1) is 11.3 Å². The number of ether oxygens (including phenoxy) is 1. The number of carbonyl (C=O) groups excluding carboxylic acids is 1. The van der Waals surface area contributed by atoms with Crippen LogP contribution in [0.3, 0.4) is 0 Å². The molecule has 19 heavy (non-hydrogen) atoms. The Balaban J connectivity index is 2.23. The smallest absolute Gasteiger partial charge is 0.221 e. The number of hydrogen-bond acceptors (Lipinski definition) is 4. The van der Waals surface area contributed by atoms with Gasteiger partial charge in [-0.3, -0.25) is 4.79 Å². The first-order valence-electron chi connectivity index (χ1n) is 6.26. The van der Waals surface area contributed by atoms with Gasteiger partial charge in [-0.25, -0.2) is 0 Å². The van der Waals surface area contributed by atoms with E-state index in [1.807, 2.05) is 18.2 Å². The van der Waals surface area contributed by atoms with Crippen molar-refractivity contribution in [3.8, 4) is 6.07 Å². The zero-order valence-corrected chi connectivity index (χ0v) is 11.1. The molecule has 1 aromatic rings. The normalized spacial score (nSPS) is 9.68. The minimum absolute atomic E-state index is 0.00181. The molecule has 0 aliphatic rings. The Bertz CT molecular complexity index is 441. The van der Waals surface area contributed by atoms with Crippen LogP contribution < -0.4 is 10.6 Å². The van der Waals surface area contributed by atoms with E-state index in [2.05, 4.69) is 16.7 Å². The van der Waals surface area contributed by atoms with Crippen LogP contribution in [-0.2, 0) is 9.53 Å². The monoisotopic (exact) mass is 261 g/mol. The number of nitrogens with one attached hydrogen (secondary N) is 2. The van der Waals surface area contributed by atoms with Crippen LogP contribution in [0.2, 0.25) is 0 Å². The lowest BCUT2D eigenvalue weighted by Gasteiger charge is -2.08. The fourth-order valence-corrected chi connectivity index (χ4v) is 1.58. The van der Waals surface area contributed by atoms with Crippen LogP contribution in [0.15, 0.2) is 24.3 Å². The van der Waals surface area contributed by atoms with Crippen molar-refractivity contribution in [2.75, 3.05) is 32.1 Å². The Labute approximate surface area is 113 Å². The first-order chi connectivity index (χ1) is 9.27. The highest BCUT2D eigenvalue weighted by Crippen LogP contribution is 2.12. The molecule has 1 amide bonds. The molecule has 0 unspecified atom stereocenters. The molecule has 2 N–H and O–H groups in total. The van der Waals surface area contributed by atoms with E-state index in [1.54, 1.807) is 13.2 Å². The highest BCUT2D eigenvalue weighted by molar-refractivity contribution is 5.76. The molecule has 1 aromatic carbocycles. The number of amides is 1. The van der Waals surface area contributed by atoms with Crippen LogP contribution in [0.4, 0.5) is 5.69 Å². The lowest BCUT2D eigenvalue weighted by atomic mass is 10.2. The van der Waals surface area contributed by atoms with Gasteiger partial charge in [0.1, 0.15) is 6.07 Å². The number of methoxy groups -OCH3 is 1. The molecular formula is C14H19N3O2. The van der Waals surface area contributed by atoms with E-state index in [1.165, 1.54) is 0 Å². The summed E-state index contributed by atoms with van der Waals surface area (Å²) in [6.45, 7) is 1.78. The number of benzene rings is 1. The number of hydrogen-bond donors (Lipinski definition) is 2. The lowest BCUT2D eigenvalue weighted by Crippen LogP contribution is -2.27. The maximum atomic E-state index is 11.5. The van der Waals surface area contributed by atoms with Gasteiger partial charge in [-0.05, 0) is 18.6 Å². The third-order valence-electron chi connectivity index (χ3n) is 2.56. The second-order valence-corrected chi connectivity index (χ2v) is 4.03. The van der Waals surface area contributed by atoms with Crippen molar-refractivity contribution in [1.82, 2.24) is 5.32 Å². The van der Waals surface area contributed by atoms with Gasteiger partial charge in [0.25, 0.3) is 0 Å². The van der Waals surface area contributed by atoms with Gasteiger partial charge < -0.3 is 15.4 Å². The van der Waals surface area contributed by atoms with Gasteiger partial charge in [-0.1, -0.05) is 12.1 Å². The molecule has 0 aliphatic heterocycles. The molecule has 0 fully saturated rings. The van der Waals surface area contributed by atoms with E-state index in [-0.39, 0.29) is 5.91 Å². The third kappa shape index (κ3) is 5.89. The maximum absolute atomic E-state index is 11.5. The molecule has 102 valence electrons. The molecule has 0 atom stereocenters. The Hall–Kier alpha value is -2.06. The fourth-order valence-electron chi connectivity index (χ4n) is 1.58. The van der Waals surface area contributed by atoms with E-state index in [4.69, 9.17) is 10.00 Å². The van der Waals surface area contributed by atoms with Crippen LogP contribution in [-0.4, -0.2) is 32.7 Å². The predicted molar refractivity (Wildman–Crippen MR) is 73.8 cm³/mol. The summed E-state index contributed by atoms with van der Waals surface area (Å²) in [5.41, 5.74) is 1.35. The Morgan fingerprint density at radius 3 is 2.89 bits per heavy atom. The van der Waals surface area contributed by atoms with Crippen LogP contribution in [0, 0.1) is 11.3 Å². The maximum Gasteiger partial charge on any atom is 0.221 e. The summed E-state index contributed by atoms with van der Waals surface area (Å²) in [5.74, 6) is -0.00181.